The quantitative estimate of drug-likeness (QED) is 0.767. The molecule has 1 heterocycles. The fourth-order valence-electron chi connectivity index (χ4n) is 2.03. The molecule has 0 atom stereocenters. The van der Waals surface area contributed by atoms with Gasteiger partial charge in [0.2, 0.25) is 0 Å². The van der Waals surface area contributed by atoms with E-state index in [-0.39, 0.29) is 5.56 Å². The highest BCUT2D eigenvalue weighted by Crippen LogP contribution is 2.24. The number of carboxylic acid groups (broad SMARTS) is 1. The van der Waals surface area contributed by atoms with Crippen molar-refractivity contribution in [1.82, 2.24) is 15.0 Å². The molecule has 0 saturated heterocycles. The third-order valence-corrected chi connectivity index (χ3v) is 3.11. The van der Waals surface area contributed by atoms with Gasteiger partial charge < -0.3 is 10.8 Å². The summed E-state index contributed by atoms with van der Waals surface area (Å²) in [5.74, 6) is -0.567. The van der Waals surface area contributed by atoms with Crippen molar-refractivity contribution >= 4 is 11.8 Å². The molecule has 0 unspecified atom stereocenters. The number of anilines is 1. The van der Waals surface area contributed by atoms with Crippen LogP contribution in [0.2, 0.25) is 0 Å². The predicted octanol–water partition coefficient (Wildman–Crippen LogP) is 2.21. The molecule has 0 saturated carbocycles. The predicted molar refractivity (Wildman–Crippen MR) is 78.2 cm³/mol. The largest absolute Gasteiger partial charge is 0.478 e. The first kappa shape index (κ1) is 12.9. The number of carboxylic acids is 1. The van der Waals surface area contributed by atoms with Crippen LogP contribution in [0.25, 0.3) is 16.9 Å². The lowest BCUT2D eigenvalue weighted by atomic mass is 10.1. The van der Waals surface area contributed by atoms with Gasteiger partial charge in [0.1, 0.15) is 5.69 Å². The fourth-order valence-corrected chi connectivity index (χ4v) is 2.03. The lowest BCUT2D eigenvalue weighted by Gasteiger charge is -2.04. The lowest BCUT2D eigenvalue weighted by molar-refractivity contribution is 0.0697. The first-order valence-corrected chi connectivity index (χ1v) is 6.27. The molecule has 0 radical (unpaired) electrons. The summed E-state index contributed by atoms with van der Waals surface area (Å²) in [6.07, 6.45) is 0. The van der Waals surface area contributed by atoms with Crippen LogP contribution in [0.5, 0.6) is 0 Å². The Morgan fingerprint density at radius 1 is 1.05 bits per heavy atom. The molecule has 104 valence electrons. The third-order valence-electron chi connectivity index (χ3n) is 3.11. The molecule has 0 bridgehead atoms. The topological polar surface area (TPSA) is 94.0 Å². The lowest BCUT2D eigenvalue weighted by Crippen LogP contribution is -2.03. The summed E-state index contributed by atoms with van der Waals surface area (Å²) in [7, 11) is 0. The van der Waals surface area contributed by atoms with E-state index < -0.39 is 5.97 Å². The Bertz CT molecular complexity index is 779. The number of rotatable bonds is 3. The Balaban J connectivity index is 2.01. The molecule has 3 rings (SSSR count). The van der Waals surface area contributed by atoms with Crippen LogP contribution in [0.3, 0.4) is 0 Å². The summed E-state index contributed by atoms with van der Waals surface area (Å²) in [5, 5.41) is 17.0. The van der Waals surface area contributed by atoms with Crippen LogP contribution >= 0.6 is 0 Å². The second kappa shape index (κ2) is 5.09. The summed E-state index contributed by atoms with van der Waals surface area (Å²) < 4.78 is 1.48. The van der Waals surface area contributed by atoms with Gasteiger partial charge in [-0.1, -0.05) is 35.5 Å². The zero-order valence-corrected chi connectivity index (χ0v) is 11.0. The van der Waals surface area contributed by atoms with E-state index >= 15 is 0 Å². The van der Waals surface area contributed by atoms with E-state index in [1.54, 1.807) is 12.1 Å². The van der Waals surface area contributed by atoms with Crippen molar-refractivity contribution in [3.8, 4) is 16.9 Å². The summed E-state index contributed by atoms with van der Waals surface area (Å²) in [6, 6.07) is 15.8. The van der Waals surface area contributed by atoms with Crippen LogP contribution in [0, 0.1) is 0 Å². The minimum atomic E-state index is -0.974. The van der Waals surface area contributed by atoms with Gasteiger partial charge in [-0.2, -0.15) is 4.68 Å². The van der Waals surface area contributed by atoms with Gasteiger partial charge in [0.05, 0.1) is 11.3 Å². The Labute approximate surface area is 120 Å². The monoisotopic (exact) mass is 280 g/mol. The number of hydrogen-bond acceptors (Lipinski definition) is 4. The molecule has 0 aliphatic carbocycles. The molecular weight excluding hydrogens is 268 g/mol. The smallest absolute Gasteiger partial charge is 0.335 e. The van der Waals surface area contributed by atoms with Crippen molar-refractivity contribution in [3.05, 3.63) is 60.2 Å². The van der Waals surface area contributed by atoms with Gasteiger partial charge in [-0.3, -0.25) is 0 Å². The average Bonchev–Trinajstić information content (AvgIpc) is 2.90. The zero-order chi connectivity index (χ0) is 14.8. The maximum atomic E-state index is 10.8. The standard InChI is InChI=1S/C15H12N4O2/c16-14-13(10-4-2-1-3-5-10)17-18-19(14)12-8-6-11(7-9-12)15(20)21/h1-9H,16H2,(H,20,21). The van der Waals surface area contributed by atoms with Gasteiger partial charge in [0.15, 0.2) is 5.82 Å². The number of aromatic nitrogens is 3. The van der Waals surface area contributed by atoms with Crippen LogP contribution in [0.1, 0.15) is 10.4 Å². The Kier molecular flexibility index (Phi) is 3.12. The van der Waals surface area contributed by atoms with Crippen LogP contribution in [-0.4, -0.2) is 26.1 Å². The molecule has 0 amide bonds. The Hall–Kier alpha value is -3.15. The van der Waals surface area contributed by atoms with Gasteiger partial charge in [0.25, 0.3) is 0 Å². The molecule has 0 spiro atoms. The SMILES string of the molecule is Nc1c(-c2ccccc2)nnn1-c1ccc(C(=O)O)cc1. The van der Waals surface area contributed by atoms with Crippen LogP contribution in [0.15, 0.2) is 54.6 Å². The summed E-state index contributed by atoms with van der Waals surface area (Å²) in [4.78, 5) is 10.8. The highest BCUT2D eigenvalue weighted by molar-refractivity contribution is 5.87. The number of benzene rings is 2. The number of nitrogens with two attached hydrogens (primary N) is 1. The normalized spacial score (nSPS) is 10.5. The van der Waals surface area contributed by atoms with E-state index in [0.717, 1.165) is 5.56 Å². The number of nitrogen functional groups attached to an aromatic ring is 1. The minimum Gasteiger partial charge on any atom is -0.478 e. The van der Waals surface area contributed by atoms with E-state index in [1.807, 2.05) is 30.3 Å². The molecule has 0 aliphatic rings. The maximum Gasteiger partial charge on any atom is 0.335 e. The van der Waals surface area contributed by atoms with Crippen molar-refractivity contribution in [2.24, 2.45) is 0 Å². The second-order valence-electron chi connectivity index (χ2n) is 4.45. The van der Waals surface area contributed by atoms with Crippen molar-refractivity contribution in [2.45, 2.75) is 0 Å². The average molecular weight is 280 g/mol. The summed E-state index contributed by atoms with van der Waals surface area (Å²) in [5.41, 5.74) is 8.43. The zero-order valence-electron chi connectivity index (χ0n) is 11.0. The summed E-state index contributed by atoms with van der Waals surface area (Å²) >= 11 is 0. The molecular formula is C15H12N4O2. The number of aromatic carboxylic acids is 1. The fraction of sp³-hybridized carbons (Fsp3) is 0. The second-order valence-corrected chi connectivity index (χ2v) is 4.45. The molecule has 6 nitrogen and oxygen atoms in total. The molecule has 0 fully saturated rings. The number of nitrogens with zero attached hydrogens (tertiary/aromatic N) is 3. The molecule has 6 heteroatoms. The van der Waals surface area contributed by atoms with E-state index in [0.29, 0.717) is 17.2 Å². The van der Waals surface area contributed by atoms with E-state index in [1.165, 1.54) is 16.8 Å². The first-order chi connectivity index (χ1) is 10.2. The highest BCUT2D eigenvalue weighted by atomic mass is 16.4. The van der Waals surface area contributed by atoms with Crippen LogP contribution in [-0.2, 0) is 0 Å². The number of hydrogen-bond donors (Lipinski definition) is 2. The van der Waals surface area contributed by atoms with Crippen LogP contribution in [0.4, 0.5) is 5.82 Å². The van der Waals surface area contributed by atoms with Gasteiger partial charge in [-0.05, 0) is 24.3 Å². The molecule has 0 aliphatic heterocycles. The van der Waals surface area contributed by atoms with Crippen molar-refractivity contribution in [1.29, 1.82) is 0 Å². The van der Waals surface area contributed by atoms with Gasteiger partial charge >= 0.3 is 5.97 Å². The van der Waals surface area contributed by atoms with Gasteiger partial charge in [-0.15, -0.1) is 5.10 Å². The third kappa shape index (κ3) is 2.34. The molecule has 3 aromatic rings. The van der Waals surface area contributed by atoms with Crippen molar-refractivity contribution < 1.29 is 9.90 Å². The first-order valence-electron chi connectivity index (χ1n) is 6.27. The van der Waals surface area contributed by atoms with E-state index in [9.17, 15) is 4.79 Å². The van der Waals surface area contributed by atoms with Crippen molar-refractivity contribution in [2.75, 3.05) is 5.73 Å². The van der Waals surface area contributed by atoms with Crippen LogP contribution < -0.4 is 5.73 Å². The minimum absolute atomic E-state index is 0.209. The number of carbonyl (C=O) groups is 1. The summed E-state index contributed by atoms with van der Waals surface area (Å²) in [6.45, 7) is 0. The molecule has 3 N–H and O–H groups in total. The Morgan fingerprint density at radius 3 is 2.33 bits per heavy atom. The Morgan fingerprint density at radius 2 is 1.71 bits per heavy atom. The van der Waals surface area contributed by atoms with Crippen molar-refractivity contribution in [3.63, 3.8) is 0 Å². The maximum absolute atomic E-state index is 10.8. The highest BCUT2D eigenvalue weighted by Gasteiger charge is 2.13. The molecule has 2 aromatic carbocycles. The van der Waals surface area contributed by atoms with Gasteiger partial charge in [0, 0.05) is 5.56 Å². The molecule has 1 aromatic heterocycles. The van der Waals surface area contributed by atoms with E-state index in [2.05, 4.69) is 10.3 Å². The molecule has 21 heavy (non-hydrogen) atoms. The van der Waals surface area contributed by atoms with E-state index in [4.69, 9.17) is 10.8 Å². The van der Waals surface area contributed by atoms with Gasteiger partial charge in [-0.25, -0.2) is 4.79 Å².